The quantitative estimate of drug-likeness (QED) is 0.313. The van der Waals surface area contributed by atoms with Gasteiger partial charge in [0.15, 0.2) is 0 Å². The highest BCUT2D eigenvalue weighted by Gasteiger charge is 1.65. The first-order valence-electron chi connectivity index (χ1n) is 1.57. The Morgan fingerprint density at radius 1 is 2.00 bits per heavy atom. The van der Waals surface area contributed by atoms with Gasteiger partial charge in [-0.25, -0.2) is 0 Å². The van der Waals surface area contributed by atoms with Crippen LogP contribution >= 0.6 is 12.2 Å². The molecule has 0 unspecified atom stereocenters. The van der Waals surface area contributed by atoms with Crippen molar-refractivity contribution in [2.75, 3.05) is 13.8 Å². The Bertz CT molecular complexity index is 39.8. The van der Waals surface area contributed by atoms with Gasteiger partial charge in [-0.3, -0.25) is 0 Å². The summed E-state index contributed by atoms with van der Waals surface area (Å²) >= 11 is 4.40. The minimum atomic E-state index is 0.503. The van der Waals surface area contributed by atoms with Crippen LogP contribution in [0.5, 0.6) is 0 Å². The zero-order chi connectivity index (χ0) is 4.83. The largest absolute Gasteiger partial charge is 0.365 e. The third-order valence-corrected chi connectivity index (χ3v) is 0.478. The van der Waals surface area contributed by atoms with E-state index in [0.717, 1.165) is 0 Å². The van der Waals surface area contributed by atoms with Gasteiger partial charge in [0.1, 0.15) is 6.73 Å². The van der Waals surface area contributed by atoms with E-state index in [1.54, 1.807) is 7.11 Å². The molecule has 0 rings (SSSR count). The molecule has 36 valence electrons. The molecule has 0 bridgehead atoms. The standard InChI is InChI=1S/C3H7NOS/c1-5-2-4-3-6/h3H,2H2,1H3,(H,4,6). The van der Waals surface area contributed by atoms with Crippen molar-refractivity contribution in [3.63, 3.8) is 0 Å². The Balaban J connectivity index is 2.49. The molecule has 0 aliphatic heterocycles. The van der Waals surface area contributed by atoms with Crippen molar-refractivity contribution in [1.29, 1.82) is 0 Å². The Hall–Kier alpha value is -0.150. The van der Waals surface area contributed by atoms with E-state index in [9.17, 15) is 0 Å². The predicted octanol–water partition coefficient (Wildman–Crippen LogP) is 0.137. The molecule has 0 atom stereocenters. The average Bonchev–Trinajstić information content (AvgIpc) is 1.61. The lowest BCUT2D eigenvalue weighted by molar-refractivity contribution is 0.194. The summed E-state index contributed by atoms with van der Waals surface area (Å²) in [6, 6.07) is 0. The topological polar surface area (TPSA) is 21.3 Å². The molecule has 0 heterocycles. The van der Waals surface area contributed by atoms with Crippen LogP contribution in [0, 0.1) is 0 Å². The average molecular weight is 105 g/mol. The van der Waals surface area contributed by atoms with Gasteiger partial charge in [0, 0.05) is 7.11 Å². The van der Waals surface area contributed by atoms with Crippen molar-refractivity contribution >= 4 is 17.7 Å². The van der Waals surface area contributed by atoms with Crippen LogP contribution in [0.4, 0.5) is 0 Å². The molecule has 0 aromatic carbocycles. The number of nitrogens with one attached hydrogen (secondary N) is 1. The van der Waals surface area contributed by atoms with Crippen LogP contribution in [0.25, 0.3) is 0 Å². The van der Waals surface area contributed by atoms with E-state index in [0.29, 0.717) is 6.73 Å². The summed E-state index contributed by atoms with van der Waals surface area (Å²) < 4.78 is 4.57. The molecular weight excluding hydrogens is 98.1 g/mol. The summed E-state index contributed by atoms with van der Waals surface area (Å²) in [5.41, 5.74) is 1.42. The maximum atomic E-state index is 4.57. The normalized spacial score (nSPS) is 7.50. The summed E-state index contributed by atoms with van der Waals surface area (Å²) in [7, 11) is 1.60. The molecule has 0 radical (unpaired) electrons. The molecular formula is C3H7NOS. The SMILES string of the molecule is COCNC=S. The molecule has 0 aliphatic rings. The second kappa shape index (κ2) is 4.85. The molecule has 0 spiro atoms. The van der Waals surface area contributed by atoms with Crippen molar-refractivity contribution in [1.82, 2.24) is 5.32 Å². The second-order valence-corrected chi connectivity index (χ2v) is 0.991. The lowest BCUT2D eigenvalue weighted by Gasteiger charge is -1.90. The van der Waals surface area contributed by atoms with Crippen molar-refractivity contribution in [3.8, 4) is 0 Å². The number of rotatable bonds is 3. The molecule has 0 saturated heterocycles. The second-order valence-electron chi connectivity index (χ2n) is 0.755. The molecule has 0 aromatic rings. The molecule has 0 aromatic heterocycles. The molecule has 0 amide bonds. The molecule has 3 heteroatoms. The van der Waals surface area contributed by atoms with Crippen LogP contribution < -0.4 is 5.32 Å². The van der Waals surface area contributed by atoms with E-state index in [4.69, 9.17) is 0 Å². The van der Waals surface area contributed by atoms with E-state index in [1.165, 1.54) is 5.49 Å². The number of ether oxygens (including phenoxy) is 1. The molecule has 0 saturated carbocycles. The van der Waals surface area contributed by atoms with Crippen LogP contribution in [-0.2, 0) is 4.74 Å². The number of thiocarbonyl (C=S) groups is 1. The first kappa shape index (κ1) is 5.85. The third kappa shape index (κ3) is 3.85. The van der Waals surface area contributed by atoms with E-state index < -0.39 is 0 Å². The Morgan fingerprint density at radius 3 is 2.83 bits per heavy atom. The fraction of sp³-hybridized carbons (Fsp3) is 0.667. The van der Waals surface area contributed by atoms with Crippen LogP contribution in [-0.4, -0.2) is 19.3 Å². The minimum Gasteiger partial charge on any atom is -0.365 e. The van der Waals surface area contributed by atoms with E-state index >= 15 is 0 Å². The molecule has 2 nitrogen and oxygen atoms in total. The molecule has 1 N–H and O–H groups in total. The van der Waals surface area contributed by atoms with Crippen molar-refractivity contribution < 1.29 is 4.74 Å². The summed E-state index contributed by atoms with van der Waals surface area (Å²) in [6.07, 6.45) is 0. The van der Waals surface area contributed by atoms with E-state index in [2.05, 4.69) is 22.3 Å². The summed E-state index contributed by atoms with van der Waals surface area (Å²) in [4.78, 5) is 0. The van der Waals surface area contributed by atoms with Crippen LogP contribution in [0.3, 0.4) is 0 Å². The van der Waals surface area contributed by atoms with Crippen molar-refractivity contribution in [3.05, 3.63) is 0 Å². The zero-order valence-corrected chi connectivity index (χ0v) is 4.42. The monoisotopic (exact) mass is 105 g/mol. The van der Waals surface area contributed by atoms with E-state index in [1.807, 2.05) is 0 Å². The van der Waals surface area contributed by atoms with Gasteiger partial charge in [-0.15, -0.1) is 0 Å². The lowest BCUT2D eigenvalue weighted by atomic mass is 11.1. The van der Waals surface area contributed by atoms with Gasteiger partial charge >= 0.3 is 0 Å². The highest BCUT2D eigenvalue weighted by atomic mass is 32.1. The fourth-order valence-corrected chi connectivity index (χ4v) is 0.185. The van der Waals surface area contributed by atoms with Crippen LogP contribution in [0.15, 0.2) is 0 Å². The zero-order valence-electron chi connectivity index (χ0n) is 3.60. The fourth-order valence-electron chi connectivity index (χ4n) is 0.117. The maximum absolute atomic E-state index is 4.57. The lowest BCUT2D eigenvalue weighted by Crippen LogP contribution is -2.11. The number of hydrogen-bond acceptors (Lipinski definition) is 2. The van der Waals surface area contributed by atoms with Gasteiger partial charge in [0.05, 0.1) is 5.49 Å². The Labute approximate surface area is 42.5 Å². The van der Waals surface area contributed by atoms with Gasteiger partial charge in [-0.1, -0.05) is 12.2 Å². The molecule has 0 fully saturated rings. The van der Waals surface area contributed by atoms with Gasteiger partial charge in [-0.05, 0) is 0 Å². The Morgan fingerprint density at radius 2 is 2.67 bits per heavy atom. The Kier molecular flexibility index (Phi) is 4.73. The third-order valence-electron chi connectivity index (χ3n) is 0.311. The molecule has 6 heavy (non-hydrogen) atoms. The van der Waals surface area contributed by atoms with Gasteiger partial charge in [0.25, 0.3) is 0 Å². The van der Waals surface area contributed by atoms with Gasteiger partial charge < -0.3 is 10.1 Å². The van der Waals surface area contributed by atoms with Crippen molar-refractivity contribution in [2.45, 2.75) is 0 Å². The number of methoxy groups -OCH3 is 1. The van der Waals surface area contributed by atoms with E-state index in [-0.39, 0.29) is 0 Å². The number of hydrogen-bond donors (Lipinski definition) is 1. The summed E-state index contributed by atoms with van der Waals surface area (Å²) in [5.74, 6) is 0. The maximum Gasteiger partial charge on any atom is 0.116 e. The summed E-state index contributed by atoms with van der Waals surface area (Å²) in [6.45, 7) is 0.503. The predicted molar refractivity (Wildman–Crippen MR) is 28.7 cm³/mol. The minimum absolute atomic E-state index is 0.503. The highest BCUT2D eigenvalue weighted by Crippen LogP contribution is 1.52. The van der Waals surface area contributed by atoms with Crippen molar-refractivity contribution in [2.24, 2.45) is 0 Å². The van der Waals surface area contributed by atoms with Crippen LogP contribution in [0.1, 0.15) is 0 Å². The van der Waals surface area contributed by atoms with Crippen LogP contribution in [0.2, 0.25) is 0 Å². The van der Waals surface area contributed by atoms with Gasteiger partial charge in [-0.2, -0.15) is 0 Å². The highest BCUT2D eigenvalue weighted by molar-refractivity contribution is 7.78. The first-order chi connectivity index (χ1) is 2.91. The van der Waals surface area contributed by atoms with Gasteiger partial charge in [0.2, 0.25) is 0 Å². The smallest absolute Gasteiger partial charge is 0.116 e. The first-order valence-corrected chi connectivity index (χ1v) is 2.05. The summed E-state index contributed by atoms with van der Waals surface area (Å²) in [5, 5.41) is 2.67. The molecule has 0 aliphatic carbocycles.